The number of amides is 1. The molecule has 20 heavy (non-hydrogen) atoms. The van der Waals surface area contributed by atoms with Crippen LogP contribution in [0.15, 0.2) is 24.3 Å². The van der Waals surface area contributed by atoms with Crippen LogP contribution in [0.5, 0.6) is 0 Å². The molecular formula is C15H20F3NO. The lowest BCUT2D eigenvalue weighted by Gasteiger charge is -2.17. The van der Waals surface area contributed by atoms with Crippen LogP contribution in [0.2, 0.25) is 0 Å². The van der Waals surface area contributed by atoms with Gasteiger partial charge in [-0.1, -0.05) is 38.8 Å². The number of carbonyl (C=O) groups is 1. The number of alkyl halides is 3. The molecule has 1 aromatic carbocycles. The van der Waals surface area contributed by atoms with Crippen LogP contribution in [0.4, 0.5) is 18.9 Å². The molecular weight excluding hydrogens is 267 g/mol. The van der Waals surface area contributed by atoms with Crippen LogP contribution in [-0.4, -0.2) is 5.91 Å². The number of anilines is 1. The normalized spacial score (nSPS) is 13.1. The Balaban J connectivity index is 2.85. The third-order valence-corrected chi connectivity index (χ3v) is 3.26. The van der Waals surface area contributed by atoms with E-state index in [1.54, 1.807) is 0 Å². The molecule has 0 aliphatic carbocycles. The number of unbranched alkanes of at least 4 members (excludes halogenated alkanes) is 1. The van der Waals surface area contributed by atoms with Crippen molar-refractivity contribution in [3.8, 4) is 0 Å². The van der Waals surface area contributed by atoms with Crippen LogP contribution in [0, 0.1) is 5.92 Å². The first-order chi connectivity index (χ1) is 9.40. The van der Waals surface area contributed by atoms with Gasteiger partial charge in [0.15, 0.2) is 0 Å². The van der Waals surface area contributed by atoms with Gasteiger partial charge in [0.25, 0.3) is 0 Å². The number of rotatable bonds is 6. The number of para-hydroxylation sites is 1. The second-order valence-electron chi connectivity index (χ2n) is 4.78. The van der Waals surface area contributed by atoms with E-state index in [9.17, 15) is 18.0 Å². The van der Waals surface area contributed by atoms with Crippen molar-refractivity contribution in [1.29, 1.82) is 0 Å². The molecule has 0 heterocycles. The molecule has 5 heteroatoms. The lowest BCUT2D eigenvalue weighted by atomic mass is 9.98. The lowest BCUT2D eigenvalue weighted by molar-refractivity contribution is -0.137. The summed E-state index contributed by atoms with van der Waals surface area (Å²) in [6, 6.07) is 5.06. The Morgan fingerprint density at radius 2 is 1.90 bits per heavy atom. The monoisotopic (exact) mass is 287 g/mol. The fourth-order valence-electron chi connectivity index (χ4n) is 2.05. The molecule has 0 saturated carbocycles. The van der Waals surface area contributed by atoms with Gasteiger partial charge in [-0.2, -0.15) is 13.2 Å². The van der Waals surface area contributed by atoms with E-state index >= 15 is 0 Å². The summed E-state index contributed by atoms with van der Waals surface area (Å²) in [6.45, 7) is 3.89. The van der Waals surface area contributed by atoms with Gasteiger partial charge in [-0.05, 0) is 25.0 Å². The van der Waals surface area contributed by atoms with Crippen molar-refractivity contribution in [3.05, 3.63) is 29.8 Å². The van der Waals surface area contributed by atoms with E-state index in [4.69, 9.17) is 0 Å². The van der Waals surface area contributed by atoms with E-state index in [0.29, 0.717) is 12.8 Å². The molecule has 1 atom stereocenters. The summed E-state index contributed by atoms with van der Waals surface area (Å²) in [5.74, 6) is -0.575. The van der Waals surface area contributed by atoms with Crippen LogP contribution < -0.4 is 5.32 Å². The highest BCUT2D eigenvalue weighted by atomic mass is 19.4. The zero-order chi connectivity index (χ0) is 15.2. The van der Waals surface area contributed by atoms with Crippen LogP contribution in [0.25, 0.3) is 0 Å². The Kier molecular flexibility index (Phi) is 6.05. The van der Waals surface area contributed by atoms with Gasteiger partial charge in [0, 0.05) is 5.92 Å². The van der Waals surface area contributed by atoms with Crippen molar-refractivity contribution < 1.29 is 18.0 Å². The highest BCUT2D eigenvalue weighted by Gasteiger charge is 2.33. The first-order valence-corrected chi connectivity index (χ1v) is 6.87. The summed E-state index contributed by atoms with van der Waals surface area (Å²) in [5, 5.41) is 2.42. The SMILES string of the molecule is CCCCC(CC)C(=O)Nc1ccccc1C(F)(F)F. The Labute approximate surface area is 117 Å². The molecule has 0 fully saturated rings. The third-order valence-electron chi connectivity index (χ3n) is 3.26. The summed E-state index contributed by atoms with van der Waals surface area (Å²) in [7, 11) is 0. The summed E-state index contributed by atoms with van der Waals surface area (Å²) >= 11 is 0. The smallest absolute Gasteiger partial charge is 0.325 e. The van der Waals surface area contributed by atoms with Gasteiger partial charge >= 0.3 is 6.18 Å². The quantitative estimate of drug-likeness (QED) is 0.795. The summed E-state index contributed by atoms with van der Waals surface area (Å²) in [4.78, 5) is 12.1. The molecule has 2 nitrogen and oxygen atoms in total. The van der Waals surface area contributed by atoms with Crippen LogP contribution >= 0.6 is 0 Å². The van der Waals surface area contributed by atoms with Gasteiger partial charge in [-0.3, -0.25) is 4.79 Å². The van der Waals surface area contributed by atoms with Crippen LogP contribution in [0.1, 0.15) is 45.1 Å². The Morgan fingerprint density at radius 3 is 2.45 bits per heavy atom. The van der Waals surface area contributed by atoms with Crippen molar-refractivity contribution >= 4 is 11.6 Å². The Morgan fingerprint density at radius 1 is 1.25 bits per heavy atom. The zero-order valence-electron chi connectivity index (χ0n) is 11.8. The van der Waals surface area contributed by atoms with Gasteiger partial charge in [-0.15, -0.1) is 0 Å². The predicted molar refractivity (Wildman–Crippen MR) is 73.4 cm³/mol. The standard InChI is InChI=1S/C15H20F3NO/c1-3-5-8-11(4-2)14(20)19-13-10-7-6-9-12(13)15(16,17)18/h6-7,9-11H,3-5,8H2,1-2H3,(H,19,20). The van der Waals surface area contributed by atoms with Crippen molar-refractivity contribution in [1.82, 2.24) is 0 Å². The van der Waals surface area contributed by atoms with E-state index in [1.807, 2.05) is 13.8 Å². The molecule has 0 aliphatic heterocycles. The second-order valence-corrected chi connectivity index (χ2v) is 4.78. The second kappa shape index (κ2) is 7.31. The summed E-state index contributed by atoms with van der Waals surface area (Å²) < 4.78 is 38.5. The topological polar surface area (TPSA) is 29.1 Å². The number of hydrogen-bond acceptors (Lipinski definition) is 1. The average Bonchev–Trinajstić information content (AvgIpc) is 2.39. The molecule has 0 aromatic heterocycles. The maximum Gasteiger partial charge on any atom is 0.418 e. The first-order valence-electron chi connectivity index (χ1n) is 6.87. The largest absolute Gasteiger partial charge is 0.418 e. The summed E-state index contributed by atoms with van der Waals surface area (Å²) in [5.41, 5.74) is -0.973. The maximum atomic E-state index is 12.8. The highest BCUT2D eigenvalue weighted by Crippen LogP contribution is 2.34. The molecule has 0 saturated heterocycles. The fraction of sp³-hybridized carbons (Fsp3) is 0.533. The van der Waals surface area contributed by atoms with E-state index in [2.05, 4.69) is 5.32 Å². The zero-order valence-corrected chi connectivity index (χ0v) is 11.8. The lowest BCUT2D eigenvalue weighted by Crippen LogP contribution is -2.24. The minimum absolute atomic E-state index is 0.167. The van der Waals surface area contributed by atoms with E-state index < -0.39 is 11.7 Å². The van der Waals surface area contributed by atoms with Crippen molar-refractivity contribution in [3.63, 3.8) is 0 Å². The summed E-state index contributed by atoms with van der Waals surface area (Å²) in [6.07, 6.45) is -1.28. The average molecular weight is 287 g/mol. The molecule has 0 spiro atoms. The van der Waals surface area contributed by atoms with Crippen molar-refractivity contribution in [2.24, 2.45) is 5.92 Å². The number of carbonyl (C=O) groups excluding carboxylic acids is 1. The molecule has 1 N–H and O–H groups in total. The number of nitrogens with one attached hydrogen (secondary N) is 1. The molecule has 1 aromatic rings. The van der Waals surface area contributed by atoms with Crippen LogP contribution in [-0.2, 0) is 11.0 Å². The van der Waals surface area contributed by atoms with Gasteiger partial charge < -0.3 is 5.32 Å². The highest BCUT2D eigenvalue weighted by molar-refractivity contribution is 5.93. The van der Waals surface area contributed by atoms with Gasteiger partial charge in [-0.25, -0.2) is 0 Å². The number of hydrogen-bond donors (Lipinski definition) is 1. The molecule has 1 rings (SSSR count). The molecule has 112 valence electrons. The molecule has 1 amide bonds. The van der Waals surface area contributed by atoms with Gasteiger partial charge in [0.1, 0.15) is 0 Å². The van der Waals surface area contributed by atoms with Crippen molar-refractivity contribution in [2.45, 2.75) is 45.7 Å². The molecule has 1 unspecified atom stereocenters. The van der Waals surface area contributed by atoms with E-state index in [-0.39, 0.29) is 17.5 Å². The molecule has 0 bridgehead atoms. The minimum atomic E-state index is -4.46. The number of halogens is 3. The van der Waals surface area contributed by atoms with E-state index in [0.717, 1.165) is 18.9 Å². The van der Waals surface area contributed by atoms with Gasteiger partial charge in [0.05, 0.1) is 11.3 Å². The third kappa shape index (κ3) is 4.54. The Bertz CT molecular complexity index is 443. The molecule has 0 radical (unpaired) electrons. The first kappa shape index (κ1) is 16.5. The molecule has 0 aliphatic rings. The number of benzene rings is 1. The fourth-order valence-corrected chi connectivity index (χ4v) is 2.05. The van der Waals surface area contributed by atoms with Crippen LogP contribution in [0.3, 0.4) is 0 Å². The van der Waals surface area contributed by atoms with E-state index in [1.165, 1.54) is 18.2 Å². The maximum absolute atomic E-state index is 12.8. The van der Waals surface area contributed by atoms with Gasteiger partial charge in [0.2, 0.25) is 5.91 Å². The van der Waals surface area contributed by atoms with Crippen molar-refractivity contribution in [2.75, 3.05) is 5.32 Å². The predicted octanol–water partition coefficient (Wildman–Crippen LogP) is 4.86. The Hall–Kier alpha value is -1.52. The minimum Gasteiger partial charge on any atom is -0.325 e.